The van der Waals surface area contributed by atoms with Crippen LogP contribution in [0.2, 0.25) is 0 Å². The van der Waals surface area contributed by atoms with Crippen molar-refractivity contribution in [3.05, 3.63) is 12.0 Å². The van der Waals surface area contributed by atoms with Gasteiger partial charge in [-0.05, 0) is 13.3 Å². The number of aliphatic hydroxyl groups excluding tert-OH is 1. The maximum absolute atomic E-state index is 11.5. The number of nitrogens with one attached hydrogen (secondary N) is 2. The molecule has 0 radical (unpaired) electrons. The number of hydrogen-bond acceptors (Lipinski definition) is 4. The molecule has 3 N–H and O–H groups in total. The third-order valence-corrected chi connectivity index (χ3v) is 2.97. The second kappa shape index (κ2) is 4.54. The lowest BCUT2D eigenvalue weighted by Gasteiger charge is -2.02. The summed E-state index contributed by atoms with van der Waals surface area (Å²) in [6.45, 7) is 1.86. The van der Waals surface area contributed by atoms with E-state index >= 15 is 0 Å². The van der Waals surface area contributed by atoms with Crippen LogP contribution in [-0.4, -0.2) is 36.6 Å². The van der Waals surface area contributed by atoms with Crippen LogP contribution in [0.15, 0.2) is 11.2 Å². The minimum Gasteiger partial charge on any atom is -0.396 e. The molecular formula is C7H13N3O3S. The Bertz CT molecular complexity index is 385. The summed E-state index contributed by atoms with van der Waals surface area (Å²) < 4.78 is 25.2. The zero-order chi connectivity index (χ0) is 10.6. The Morgan fingerprint density at radius 3 is 2.86 bits per heavy atom. The highest BCUT2D eigenvalue weighted by Crippen LogP contribution is 2.03. The van der Waals surface area contributed by atoms with Crippen LogP contribution < -0.4 is 4.72 Å². The average Bonchev–Trinajstić information content (AvgIpc) is 2.53. The number of hydrogen-bond donors (Lipinski definition) is 3. The Labute approximate surface area is 82.4 Å². The van der Waals surface area contributed by atoms with Gasteiger partial charge in [0, 0.05) is 13.2 Å². The van der Waals surface area contributed by atoms with Crippen LogP contribution in [0.4, 0.5) is 0 Å². The normalized spacial score (nSPS) is 11.9. The summed E-state index contributed by atoms with van der Waals surface area (Å²) in [5.41, 5.74) is 0. The van der Waals surface area contributed by atoms with E-state index < -0.39 is 10.0 Å². The largest absolute Gasteiger partial charge is 0.396 e. The highest BCUT2D eigenvalue weighted by Gasteiger charge is 2.14. The van der Waals surface area contributed by atoms with Crippen molar-refractivity contribution in [1.82, 2.24) is 14.7 Å². The first-order valence-electron chi connectivity index (χ1n) is 4.18. The summed E-state index contributed by atoms with van der Waals surface area (Å²) in [6, 6.07) is 0. The van der Waals surface area contributed by atoms with Crippen molar-refractivity contribution in [2.24, 2.45) is 0 Å². The molecule has 6 nitrogen and oxygen atoms in total. The zero-order valence-electron chi connectivity index (χ0n) is 7.82. The first kappa shape index (κ1) is 11.2. The maximum atomic E-state index is 11.5. The molecular weight excluding hydrogens is 206 g/mol. The van der Waals surface area contributed by atoms with Crippen LogP contribution >= 0.6 is 0 Å². The van der Waals surface area contributed by atoms with Gasteiger partial charge in [0.15, 0.2) is 5.03 Å². The average molecular weight is 219 g/mol. The number of rotatable bonds is 5. The fourth-order valence-corrected chi connectivity index (χ4v) is 1.94. The van der Waals surface area contributed by atoms with E-state index in [2.05, 4.69) is 14.7 Å². The molecule has 1 aromatic heterocycles. The Morgan fingerprint density at radius 2 is 2.36 bits per heavy atom. The van der Waals surface area contributed by atoms with E-state index in [4.69, 9.17) is 5.11 Å². The molecule has 80 valence electrons. The molecule has 0 amide bonds. The van der Waals surface area contributed by atoms with Crippen molar-refractivity contribution in [1.29, 1.82) is 0 Å². The van der Waals surface area contributed by atoms with Crippen molar-refractivity contribution in [2.45, 2.75) is 18.4 Å². The van der Waals surface area contributed by atoms with E-state index in [0.717, 1.165) is 0 Å². The molecule has 0 spiro atoms. The second-order valence-electron chi connectivity index (χ2n) is 2.81. The Hall–Kier alpha value is -0.920. The summed E-state index contributed by atoms with van der Waals surface area (Å²) >= 11 is 0. The minimum atomic E-state index is -3.49. The lowest BCUT2D eigenvalue weighted by molar-refractivity contribution is 0.289. The van der Waals surface area contributed by atoms with Crippen LogP contribution in [0.3, 0.4) is 0 Å². The van der Waals surface area contributed by atoms with E-state index in [1.54, 1.807) is 6.92 Å². The van der Waals surface area contributed by atoms with Crippen LogP contribution in [0.5, 0.6) is 0 Å². The second-order valence-corrected chi connectivity index (χ2v) is 4.54. The number of aromatic nitrogens is 2. The third kappa shape index (κ3) is 2.79. The number of aryl methyl sites for hydroxylation is 1. The standard InChI is InChI=1S/C7H13N3O3S/c1-6-8-5-7(10-6)14(12,13)9-3-2-4-11/h5,9,11H,2-4H2,1H3,(H,8,10). The number of aliphatic hydroxyl groups is 1. The number of imidazole rings is 1. The summed E-state index contributed by atoms with van der Waals surface area (Å²) in [6.07, 6.45) is 1.66. The van der Waals surface area contributed by atoms with Gasteiger partial charge in [0.25, 0.3) is 10.0 Å². The molecule has 0 fully saturated rings. The van der Waals surface area contributed by atoms with Crippen LogP contribution in [-0.2, 0) is 10.0 Å². The lowest BCUT2D eigenvalue weighted by Crippen LogP contribution is -2.25. The molecule has 0 aliphatic carbocycles. The molecule has 0 aliphatic rings. The van der Waals surface area contributed by atoms with Crippen molar-refractivity contribution in [2.75, 3.05) is 13.2 Å². The van der Waals surface area contributed by atoms with Gasteiger partial charge in [-0.25, -0.2) is 18.1 Å². The van der Waals surface area contributed by atoms with Crippen molar-refractivity contribution < 1.29 is 13.5 Å². The predicted octanol–water partition coefficient (Wildman–Crippen LogP) is -0.621. The quantitative estimate of drug-likeness (QED) is 0.575. The summed E-state index contributed by atoms with van der Waals surface area (Å²) in [5, 5.41) is 8.53. The molecule has 1 heterocycles. The van der Waals surface area contributed by atoms with Crippen LogP contribution in [0, 0.1) is 6.92 Å². The molecule has 1 aromatic rings. The maximum Gasteiger partial charge on any atom is 0.257 e. The van der Waals surface area contributed by atoms with E-state index in [1.165, 1.54) is 6.20 Å². The Kier molecular flexibility index (Phi) is 3.62. The van der Waals surface area contributed by atoms with Gasteiger partial charge in [-0.3, -0.25) is 0 Å². The van der Waals surface area contributed by atoms with E-state index in [0.29, 0.717) is 12.2 Å². The van der Waals surface area contributed by atoms with Crippen molar-refractivity contribution >= 4 is 10.0 Å². The lowest BCUT2D eigenvalue weighted by atomic mass is 10.5. The molecule has 7 heteroatoms. The van der Waals surface area contributed by atoms with Gasteiger partial charge in [-0.1, -0.05) is 0 Å². The molecule has 0 atom stereocenters. The Morgan fingerprint density at radius 1 is 1.64 bits per heavy atom. The highest BCUT2D eigenvalue weighted by atomic mass is 32.2. The molecule has 14 heavy (non-hydrogen) atoms. The molecule has 0 saturated heterocycles. The van der Waals surface area contributed by atoms with Gasteiger partial charge in [-0.2, -0.15) is 0 Å². The fourth-order valence-electron chi connectivity index (χ4n) is 0.898. The monoisotopic (exact) mass is 219 g/mol. The van der Waals surface area contributed by atoms with E-state index in [1.807, 2.05) is 0 Å². The number of H-pyrrole nitrogens is 1. The molecule has 0 aliphatic heterocycles. The van der Waals surface area contributed by atoms with Gasteiger partial charge in [-0.15, -0.1) is 0 Å². The van der Waals surface area contributed by atoms with Gasteiger partial charge >= 0.3 is 0 Å². The van der Waals surface area contributed by atoms with Gasteiger partial charge < -0.3 is 10.1 Å². The molecule has 0 bridgehead atoms. The molecule has 1 rings (SSSR count). The minimum absolute atomic E-state index is 0.0372. The van der Waals surface area contributed by atoms with Crippen LogP contribution in [0.1, 0.15) is 12.2 Å². The number of aromatic amines is 1. The summed E-state index contributed by atoms with van der Waals surface area (Å²) in [5.74, 6) is 0.549. The van der Waals surface area contributed by atoms with Crippen molar-refractivity contribution in [3.63, 3.8) is 0 Å². The predicted molar refractivity (Wildman–Crippen MR) is 50.2 cm³/mol. The third-order valence-electron chi connectivity index (χ3n) is 1.60. The van der Waals surface area contributed by atoms with Gasteiger partial charge in [0.05, 0.1) is 6.20 Å². The summed E-state index contributed by atoms with van der Waals surface area (Å²) in [7, 11) is -3.49. The fraction of sp³-hybridized carbons (Fsp3) is 0.571. The highest BCUT2D eigenvalue weighted by molar-refractivity contribution is 7.89. The Balaban J connectivity index is 2.66. The van der Waals surface area contributed by atoms with Gasteiger partial charge in [0.2, 0.25) is 0 Å². The summed E-state index contributed by atoms with van der Waals surface area (Å²) in [4.78, 5) is 6.41. The SMILES string of the molecule is Cc1ncc(S(=O)(=O)NCCCO)[nH]1. The van der Waals surface area contributed by atoms with Crippen LogP contribution in [0.25, 0.3) is 0 Å². The first-order valence-corrected chi connectivity index (χ1v) is 5.67. The van der Waals surface area contributed by atoms with E-state index in [9.17, 15) is 8.42 Å². The molecule has 0 unspecified atom stereocenters. The number of sulfonamides is 1. The first-order chi connectivity index (χ1) is 6.56. The van der Waals surface area contributed by atoms with E-state index in [-0.39, 0.29) is 18.2 Å². The smallest absolute Gasteiger partial charge is 0.257 e. The topological polar surface area (TPSA) is 95.1 Å². The molecule has 0 aromatic carbocycles. The van der Waals surface area contributed by atoms with Gasteiger partial charge in [0.1, 0.15) is 5.82 Å². The van der Waals surface area contributed by atoms with Crippen molar-refractivity contribution in [3.8, 4) is 0 Å². The molecule has 0 saturated carbocycles. The zero-order valence-corrected chi connectivity index (χ0v) is 8.63. The number of nitrogens with zero attached hydrogens (tertiary/aromatic N) is 1.